The van der Waals surface area contributed by atoms with E-state index in [9.17, 15) is 9.59 Å². The van der Waals surface area contributed by atoms with E-state index in [1.165, 1.54) is 4.90 Å². The van der Waals surface area contributed by atoms with E-state index in [0.717, 1.165) is 25.7 Å². The number of hydrogen-bond donors (Lipinski definition) is 1. The number of carbonyl (C=O) groups is 2. The molecule has 2 aliphatic rings. The van der Waals surface area contributed by atoms with Crippen molar-refractivity contribution < 1.29 is 14.7 Å². The number of hydrogen-bond acceptors (Lipinski definition) is 2. The Morgan fingerprint density at radius 2 is 1.88 bits per heavy atom. The summed E-state index contributed by atoms with van der Waals surface area (Å²) in [6.07, 6.45) is 2.95. The fraction of sp³-hybridized carbons (Fsp3) is 0.818. The van der Waals surface area contributed by atoms with E-state index in [1.54, 1.807) is 0 Å². The second-order valence-electron chi connectivity index (χ2n) is 4.97. The summed E-state index contributed by atoms with van der Waals surface area (Å²) in [5.74, 6) is 0.516. The predicted octanol–water partition coefficient (Wildman–Crippen LogP) is 2.12. The number of likely N-dealkylation sites (tertiary alicyclic amines) is 1. The zero-order chi connectivity index (χ0) is 11.8. The van der Waals surface area contributed by atoms with Crippen molar-refractivity contribution in [3.63, 3.8) is 0 Å². The molecule has 0 aromatic rings. The molecule has 0 aromatic carbocycles. The molecule has 0 radical (unpaired) electrons. The van der Waals surface area contributed by atoms with Crippen molar-refractivity contribution in [1.29, 1.82) is 0 Å². The van der Waals surface area contributed by atoms with Crippen molar-refractivity contribution in [3.05, 3.63) is 0 Å². The summed E-state index contributed by atoms with van der Waals surface area (Å²) in [5.41, 5.74) is 0.272. The van der Waals surface area contributed by atoms with Gasteiger partial charge in [0.05, 0.1) is 5.33 Å². The number of nitrogens with zero attached hydrogens (tertiary/aromatic N) is 1. The quantitative estimate of drug-likeness (QED) is 0.792. The molecule has 0 bridgehead atoms. The maximum atomic E-state index is 11.4. The molecule has 5 heteroatoms. The molecule has 90 valence electrons. The van der Waals surface area contributed by atoms with Crippen molar-refractivity contribution in [1.82, 2.24) is 4.90 Å². The third-order valence-corrected chi connectivity index (χ3v) is 4.59. The first-order valence-corrected chi connectivity index (χ1v) is 6.75. The van der Waals surface area contributed by atoms with Crippen LogP contribution in [-0.2, 0) is 4.79 Å². The van der Waals surface area contributed by atoms with Crippen molar-refractivity contribution >= 4 is 27.8 Å². The molecule has 1 heterocycles. The Labute approximate surface area is 103 Å². The van der Waals surface area contributed by atoms with Gasteiger partial charge in [0.1, 0.15) is 5.78 Å². The van der Waals surface area contributed by atoms with Crippen LogP contribution in [0.3, 0.4) is 0 Å². The minimum atomic E-state index is -0.817. The highest BCUT2D eigenvalue weighted by Crippen LogP contribution is 2.52. The summed E-state index contributed by atoms with van der Waals surface area (Å²) in [5, 5.41) is 9.30. The number of rotatable bonds is 2. The Bertz CT molecular complexity index is 302. The Morgan fingerprint density at radius 1 is 1.31 bits per heavy atom. The Hall–Kier alpha value is -0.580. The van der Waals surface area contributed by atoms with Gasteiger partial charge in [-0.2, -0.15) is 0 Å². The molecule has 0 aromatic heterocycles. The predicted molar refractivity (Wildman–Crippen MR) is 62.8 cm³/mol. The topological polar surface area (TPSA) is 57.6 Å². The van der Waals surface area contributed by atoms with Crippen LogP contribution in [0.1, 0.15) is 25.7 Å². The lowest BCUT2D eigenvalue weighted by molar-refractivity contribution is -0.129. The minimum Gasteiger partial charge on any atom is -0.465 e. The third-order valence-electron chi connectivity index (χ3n) is 4.04. The van der Waals surface area contributed by atoms with Crippen LogP contribution >= 0.6 is 15.9 Å². The van der Waals surface area contributed by atoms with Gasteiger partial charge in [0.2, 0.25) is 0 Å². The van der Waals surface area contributed by atoms with Crippen LogP contribution in [0.4, 0.5) is 4.79 Å². The zero-order valence-electron chi connectivity index (χ0n) is 9.12. The van der Waals surface area contributed by atoms with Gasteiger partial charge in [0.15, 0.2) is 0 Å². The molecule has 1 saturated carbocycles. The average Bonchev–Trinajstić information content (AvgIpc) is 2.25. The average molecular weight is 290 g/mol. The number of amides is 1. The molecule has 2 fully saturated rings. The Kier molecular flexibility index (Phi) is 3.24. The minimum absolute atomic E-state index is 0.218. The van der Waals surface area contributed by atoms with E-state index in [-0.39, 0.29) is 11.3 Å². The van der Waals surface area contributed by atoms with Crippen molar-refractivity contribution in [3.8, 4) is 0 Å². The number of Topliss-reactive ketones (excluding diaryl/α,β-unsaturated/α-hetero) is 1. The second kappa shape index (κ2) is 4.35. The van der Waals surface area contributed by atoms with Crippen LogP contribution in [0, 0.1) is 11.3 Å². The smallest absolute Gasteiger partial charge is 0.407 e. The first-order chi connectivity index (χ1) is 7.56. The van der Waals surface area contributed by atoms with Gasteiger partial charge >= 0.3 is 6.09 Å². The summed E-state index contributed by atoms with van der Waals surface area (Å²) in [6, 6.07) is 0. The van der Waals surface area contributed by atoms with Gasteiger partial charge in [0.25, 0.3) is 0 Å². The molecule has 4 nitrogen and oxygen atoms in total. The first-order valence-electron chi connectivity index (χ1n) is 5.63. The molecular weight excluding hydrogens is 274 g/mol. The van der Waals surface area contributed by atoms with Crippen LogP contribution < -0.4 is 0 Å². The molecule has 16 heavy (non-hydrogen) atoms. The highest BCUT2D eigenvalue weighted by Gasteiger charge is 2.48. The van der Waals surface area contributed by atoms with Crippen LogP contribution in [0.25, 0.3) is 0 Å². The fourth-order valence-electron chi connectivity index (χ4n) is 2.90. The van der Waals surface area contributed by atoms with Crippen molar-refractivity contribution in [2.75, 3.05) is 18.4 Å². The highest BCUT2D eigenvalue weighted by molar-refractivity contribution is 9.09. The van der Waals surface area contributed by atoms with Gasteiger partial charge in [-0.05, 0) is 31.1 Å². The summed E-state index contributed by atoms with van der Waals surface area (Å²) >= 11 is 3.20. The molecule has 1 amide bonds. The monoisotopic (exact) mass is 289 g/mol. The van der Waals surface area contributed by atoms with E-state index in [2.05, 4.69) is 15.9 Å². The second-order valence-corrected chi connectivity index (χ2v) is 5.54. The van der Waals surface area contributed by atoms with Crippen molar-refractivity contribution in [2.24, 2.45) is 11.3 Å². The molecule has 0 atom stereocenters. The molecule has 0 unspecified atom stereocenters. The molecule has 1 spiro atoms. The van der Waals surface area contributed by atoms with Crippen LogP contribution in [0.5, 0.6) is 0 Å². The van der Waals surface area contributed by atoms with E-state index < -0.39 is 6.09 Å². The van der Waals surface area contributed by atoms with Crippen LogP contribution in [-0.4, -0.2) is 40.3 Å². The van der Waals surface area contributed by atoms with Crippen LogP contribution in [0.2, 0.25) is 0 Å². The number of carboxylic acid groups (broad SMARTS) is 1. The number of ketones is 1. The number of carbonyl (C=O) groups excluding carboxylic acids is 1. The fourth-order valence-corrected chi connectivity index (χ4v) is 3.36. The van der Waals surface area contributed by atoms with Crippen LogP contribution in [0.15, 0.2) is 0 Å². The van der Waals surface area contributed by atoms with Gasteiger partial charge in [0, 0.05) is 19.0 Å². The molecule has 1 N–H and O–H groups in total. The first kappa shape index (κ1) is 11.9. The largest absolute Gasteiger partial charge is 0.465 e. The lowest BCUT2D eigenvalue weighted by atomic mass is 9.56. The molecule has 1 saturated heterocycles. The van der Waals surface area contributed by atoms with Gasteiger partial charge in [-0.15, -0.1) is 0 Å². The third kappa shape index (κ3) is 2.10. The Balaban J connectivity index is 1.83. The Morgan fingerprint density at radius 3 is 2.31 bits per heavy atom. The van der Waals surface area contributed by atoms with Gasteiger partial charge in [-0.3, -0.25) is 4.79 Å². The van der Waals surface area contributed by atoms with E-state index >= 15 is 0 Å². The standard InChI is InChI=1S/C11H16BrNO3/c12-7-9(14)8-5-11(6-8)1-3-13(4-2-11)10(15)16/h8H,1-7H2,(H,15,16). The number of halogens is 1. The van der Waals surface area contributed by atoms with Gasteiger partial charge < -0.3 is 10.0 Å². The normalized spacial score (nSPS) is 24.2. The van der Waals surface area contributed by atoms with Gasteiger partial charge in [-0.1, -0.05) is 15.9 Å². The van der Waals surface area contributed by atoms with E-state index in [1.807, 2.05) is 0 Å². The lowest BCUT2D eigenvalue weighted by Gasteiger charge is -2.51. The summed E-state index contributed by atoms with van der Waals surface area (Å²) < 4.78 is 0. The zero-order valence-corrected chi connectivity index (χ0v) is 10.7. The summed E-state index contributed by atoms with van der Waals surface area (Å²) in [4.78, 5) is 23.7. The lowest BCUT2D eigenvalue weighted by Crippen LogP contribution is -2.50. The maximum absolute atomic E-state index is 11.4. The molecule has 2 rings (SSSR count). The SMILES string of the molecule is O=C(CBr)C1CC2(CCN(C(=O)O)CC2)C1. The van der Waals surface area contributed by atoms with E-state index in [0.29, 0.717) is 24.2 Å². The maximum Gasteiger partial charge on any atom is 0.407 e. The highest BCUT2D eigenvalue weighted by atomic mass is 79.9. The molecule has 1 aliphatic heterocycles. The molecule has 1 aliphatic carbocycles. The summed E-state index contributed by atoms with van der Waals surface area (Å²) in [6.45, 7) is 1.26. The summed E-state index contributed by atoms with van der Waals surface area (Å²) in [7, 11) is 0. The molecular formula is C11H16BrNO3. The van der Waals surface area contributed by atoms with E-state index in [4.69, 9.17) is 5.11 Å². The number of alkyl halides is 1. The van der Waals surface area contributed by atoms with Crippen molar-refractivity contribution in [2.45, 2.75) is 25.7 Å². The van der Waals surface area contributed by atoms with Gasteiger partial charge in [-0.25, -0.2) is 4.79 Å². The number of piperidine rings is 1.